The minimum Gasteiger partial charge on any atom is -0.332 e. The molecule has 0 atom stereocenters. The number of hydrogen-bond donors (Lipinski definition) is 0. The van der Waals surface area contributed by atoms with Crippen LogP contribution in [-0.2, 0) is 6.18 Å². The third-order valence-corrected chi connectivity index (χ3v) is 6.08. The highest BCUT2D eigenvalue weighted by Gasteiger charge is 2.32. The predicted molar refractivity (Wildman–Crippen MR) is 126 cm³/mol. The van der Waals surface area contributed by atoms with Gasteiger partial charge in [0.2, 0.25) is 0 Å². The van der Waals surface area contributed by atoms with Crippen LogP contribution in [0.4, 0.5) is 18.9 Å². The molecule has 2 aromatic carbocycles. The fourth-order valence-electron chi connectivity index (χ4n) is 4.27. The van der Waals surface area contributed by atoms with Gasteiger partial charge >= 0.3 is 6.18 Å². The van der Waals surface area contributed by atoms with E-state index >= 15 is 0 Å². The number of nitriles is 1. The summed E-state index contributed by atoms with van der Waals surface area (Å²) in [6, 6.07) is 14.8. The number of nitrogens with zero attached hydrogens (tertiary/aromatic N) is 5. The molecule has 1 aliphatic rings. The van der Waals surface area contributed by atoms with Gasteiger partial charge in [0.15, 0.2) is 0 Å². The van der Waals surface area contributed by atoms with E-state index in [1.807, 2.05) is 41.9 Å². The van der Waals surface area contributed by atoms with Crippen molar-refractivity contribution in [3.63, 3.8) is 0 Å². The monoisotopic (exact) mass is 465 g/mol. The van der Waals surface area contributed by atoms with Crippen LogP contribution < -0.4 is 4.90 Å². The molecule has 0 saturated carbocycles. The van der Waals surface area contributed by atoms with Crippen LogP contribution in [0.25, 0.3) is 11.3 Å². The molecule has 3 aromatic rings. The van der Waals surface area contributed by atoms with Crippen LogP contribution in [0.2, 0.25) is 0 Å². The Morgan fingerprint density at radius 1 is 1.06 bits per heavy atom. The quantitative estimate of drug-likeness (QED) is 0.472. The summed E-state index contributed by atoms with van der Waals surface area (Å²) in [5.41, 5.74) is 5.07. The molecule has 0 spiro atoms. The van der Waals surface area contributed by atoms with Crippen molar-refractivity contribution < 1.29 is 13.2 Å². The molecule has 8 heteroatoms. The summed E-state index contributed by atoms with van der Waals surface area (Å²) in [6.45, 7) is 7.23. The molecule has 0 unspecified atom stereocenters. The summed E-state index contributed by atoms with van der Waals surface area (Å²) >= 11 is 0. The van der Waals surface area contributed by atoms with E-state index in [2.05, 4.69) is 29.9 Å². The number of allylic oxidation sites excluding steroid dienone is 1. The average molecular weight is 466 g/mol. The predicted octanol–water partition coefficient (Wildman–Crippen LogP) is 6.03. The summed E-state index contributed by atoms with van der Waals surface area (Å²) in [5.74, 6) is 0.191. The number of benzene rings is 2. The fraction of sp³-hybridized carbons (Fsp3) is 0.308. The maximum absolute atomic E-state index is 13.4. The maximum Gasteiger partial charge on any atom is 0.416 e. The first-order chi connectivity index (χ1) is 16.1. The molecule has 0 radical (unpaired) electrons. The van der Waals surface area contributed by atoms with E-state index in [4.69, 9.17) is 5.26 Å². The zero-order valence-electron chi connectivity index (χ0n) is 19.6. The second-order valence-electron chi connectivity index (χ2n) is 8.87. The van der Waals surface area contributed by atoms with E-state index in [1.165, 1.54) is 12.1 Å². The van der Waals surface area contributed by atoms with Crippen molar-refractivity contribution in [1.82, 2.24) is 14.7 Å². The number of alkyl halides is 3. The third-order valence-electron chi connectivity index (χ3n) is 6.08. The highest BCUT2D eigenvalue weighted by atomic mass is 19.4. The number of likely N-dealkylation sites (N-methyl/N-ethyl adjacent to an activating group) is 1. The van der Waals surface area contributed by atoms with Gasteiger partial charge in [-0.3, -0.25) is 4.90 Å². The Bertz CT molecular complexity index is 1260. The van der Waals surface area contributed by atoms with Gasteiger partial charge in [0.1, 0.15) is 0 Å². The van der Waals surface area contributed by atoms with E-state index in [9.17, 15) is 13.2 Å². The topological polar surface area (TPSA) is 48.1 Å². The van der Waals surface area contributed by atoms with Crippen molar-refractivity contribution in [2.24, 2.45) is 0 Å². The van der Waals surface area contributed by atoms with Gasteiger partial charge in [-0.1, -0.05) is 19.9 Å². The van der Waals surface area contributed by atoms with E-state index < -0.39 is 11.7 Å². The Balaban J connectivity index is 1.87. The van der Waals surface area contributed by atoms with Gasteiger partial charge in [0, 0.05) is 29.1 Å². The van der Waals surface area contributed by atoms with Gasteiger partial charge in [-0.25, -0.2) is 4.68 Å². The van der Waals surface area contributed by atoms with Crippen LogP contribution in [-0.4, -0.2) is 34.9 Å². The third kappa shape index (κ3) is 4.44. The molecule has 1 aromatic heterocycles. The van der Waals surface area contributed by atoms with Gasteiger partial charge < -0.3 is 4.90 Å². The zero-order chi connectivity index (χ0) is 24.6. The molecule has 176 valence electrons. The van der Waals surface area contributed by atoms with E-state index in [-0.39, 0.29) is 5.92 Å². The Morgan fingerprint density at radius 3 is 2.38 bits per heavy atom. The van der Waals surface area contributed by atoms with Crippen LogP contribution in [0.5, 0.6) is 0 Å². The smallest absolute Gasteiger partial charge is 0.332 e. The molecule has 2 heterocycles. The molecular formula is C26H26F3N5. The number of aromatic nitrogens is 2. The Kier molecular flexibility index (Phi) is 6.24. The second-order valence-corrected chi connectivity index (χ2v) is 8.87. The minimum absolute atomic E-state index is 0.191. The van der Waals surface area contributed by atoms with Gasteiger partial charge in [0.05, 0.1) is 41.4 Å². The summed E-state index contributed by atoms with van der Waals surface area (Å²) in [4.78, 5) is 3.98. The number of anilines is 1. The lowest BCUT2D eigenvalue weighted by Crippen LogP contribution is -2.41. The molecule has 0 saturated heterocycles. The van der Waals surface area contributed by atoms with Crippen molar-refractivity contribution in [2.45, 2.75) is 32.9 Å². The van der Waals surface area contributed by atoms with Crippen LogP contribution in [0.3, 0.4) is 0 Å². The molecule has 34 heavy (non-hydrogen) atoms. The van der Waals surface area contributed by atoms with Crippen LogP contribution >= 0.6 is 0 Å². The summed E-state index contributed by atoms with van der Waals surface area (Å²) in [5, 5.41) is 13.8. The lowest BCUT2D eigenvalue weighted by molar-refractivity contribution is -0.137. The van der Waals surface area contributed by atoms with E-state index in [1.54, 1.807) is 18.2 Å². The van der Waals surface area contributed by atoms with Crippen molar-refractivity contribution in [2.75, 3.05) is 25.2 Å². The van der Waals surface area contributed by atoms with Crippen molar-refractivity contribution >= 4 is 11.3 Å². The first-order valence-electron chi connectivity index (χ1n) is 11.0. The lowest BCUT2D eigenvalue weighted by atomic mass is 9.96. The molecule has 0 fully saturated rings. The van der Waals surface area contributed by atoms with Gasteiger partial charge in [0.25, 0.3) is 0 Å². The highest BCUT2D eigenvalue weighted by Crippen LogP contribution is 2.37. The Labute approximate surface area is 197 Å². The molecule has 5 nitrogen and oxygen atoms in total. The van der Waals surface area contributed by atoms with Crippen molar-refractivity contribution in [3.05, 3.63) is 82.8 Å². The lowest BCUT2D eigenvalue weighted by Gasteiger charge is -2.38. The highest BCUT2D eigenvalue weighted by molar-refractivity contribution is 5.76. The zero-order valence-corrected chi connectivity index (χ0v) is 19.6. The Hall–Kier alpha value is -3.57. The van der Waals surface area contributed by atoms with E-state index in [0.29, 0.717) is 24.5 Å². The largest absolute Gasteiger partial charge is 0.416 e. The number of rotatable bonds is 4. The SMILES string of the molecule is CC1=C(c2c(C(C)C)cnn2-c2ccc(C#N)cc2)CN(C)CN1c1cccc(C(F)(F)F)c1. The fourth-order valence-corrected chi connectivity index (χ4v) is 4.27. The maximum atomic E-state index is 13.4. The molecule has 0 amide bonds. The Morgan fingerprint density at radius 2 is 1.76 bits per heavy atom. The second kappa shape index (κ2) is 8.99. The van der Waals surface area contributed by atoms with Crippen molar-refractivity contribution in [1.29, 1.82) is 5.26 Å². The average Bonchev–Trinajstić information content (AvgIpc) is 3.25. The molecule has 0 aliphatic carbocycles. The normalized spacial score (nSPS) is 15.2. The number of hydrogen-bond acceptors (Lipinski definition) is 4. The van der Waals surface area contributed by atoms with Crippen LogP contribution in [0.15, 0.2) is 60.4 Å². The van der Waals surface area contributed by atoms with Crippen LogP contribution in [0, 0.1) is 11.3 Å². The van der Waals surface area contributed by atoms with Gasteiger partial charge in [-0.2, -0.15) is 23.5 Å². The summed E-state index contributed by atoms with van der Waals surface area (Å²) < 4.78 is 42.0. The first kappa shape index (κ1) is 23.6. The first-order valence-corrected chi connectivity index (χ1v) is 11.0. The van der Waals surface area contributed by atoms with E-state index in [0.717, 1.165) is 34.3 Å². The molecular weight excluding hydrogens is 439 g/mol. The molecule has 0 bridgehead atoms. The molecule has 4 rings (SSSR count). The van der Waals surface area contributed by atoms with Gasteiger partial charge in [-0.05, 0) is 62.4 Å². The number of halogens is 3. The van der Waals surface area contributed by atoms with Gasteiger partial charge in [-0.15, -0.1) is 0 Å². The summed E-state index contributed by atoms with van der Waals surface area (Å²) in [6.07, 6.45) is -2.56. The summed E-state index contributed by atoms with van der Waals surface area (Å²) in [7, 11) is 1.95. The minimum atomic E-state index is -4.41. The standard InChI is InChI=1S/C26H26F3N5/c1-17(2)23-14-31-34(21-10-8-19(13-30)9-11-21)25(23)24-15-32(4)16-33(18(24)3)22-7-5-6-20(12-22)26(27,28)29/h5-12,14,17H,15-16H2,1-4H3. The van der Waals surface area contributed by atoms with Crippen molar-refractivity contribution in [3.8, 4) is 11.8 Å². The molecule has 1 aliphatic heterocycles. The molecule has 0 N–H and O–H groups in total. The van der Waals surface area contributed by atoms with Crippen LogP contribution in [0.1, 0.15) is 49.1 Å².